The number of thiophene rings is 1. The molecule has 0 atom stereocenters. The van der Waals surface area contributed by atoms with Crippen LogP contribution in [0.2, 0.25) is 0 Å². The monoisotopic (exact) mass is 262 g/mol. The van der Waals surface area contributed by atoms with Crippen LogP contribution in [0.25, 0.3) is 0 Å². The van der Waals surface area contributed by atoms with E-state index in [0.717, 1.165) is 16.9 Å². The predicted molar refractivity (Wildman–Crippen MR) is 72.5 cm³/mol. The first-order valence-electron chi connectivity index (χ1n) is 6.01. The Balaban J connectivity index is 1.96. The van der Waals surface area contributed by atoms with Crippen LogP contribution in [0.4, 0.5) is 4.39 Å². The molecule has 94 valence electrons. The average molecular weight is 262 g/mol. The third-order valence-electron chi connectivity index (χ3n) is 2.73. The summed E-state index contributed by atoms with van der Waals surface area (Å²) in [6.45, 7) is 2.10. The molecule has 0 bridgehead atoms. The Kier molecular flexibility index (Phi) is 4.26. The first-order chi connectivity index (χ1) is 8.67. The van der Waals surface area contributed by atoms with Crippen LogP contribution in [0.5, 0.6) is 0 Å². The molecule has 1 aromatic carbocycles. The van der Waals surface area contributed by atoms with Gasteiger partial charge in [0.15, 0.2) is 0 Å². The number of benzene rings is 1. The Morgan fingerprint density at radius 3 is 2.61 bits per heavy atom. The number of ketones is 1. The van der Waals surface area contributed by atoms with Crippen LogP contribution in [0.15, 0.2) is 36.4 Å². The maximum Gasteiger partial charge on any atom is 0.142 e. The molecule has 0 aliphatic carbocycles. The van der Waals surface area contributed by atoms with E-state index in [9.17, 15) is 9.18 Å². The highest BCUT2D eigenvalue weighted by atomic mass is 32.1. The van der Waals surface area contributed by atoms with Gasteiger partial charge in [0.05, 0.1) is 0 Å². The van der Waals surface area contributed by atoms with Crippen molar-refractivity contribution >= 4 is 17.1 Å². The number of Topliss-reactive ketones (excluding diaryl/α,β-unsaturated/α-hetero) is 1. The lowest BCUT2D eigenvalue weighted by atomic mass is 10.1. The second kappa shape index (κ2) is 5.91. The van der Waals surface area contributed by atoms with Gasteiger partial charge in [-0.3, -0.25) is 4.79 Å². The first kappa shape index (κ1) is 13.0. The zero-order valence-electron chi connectivity index (χ0n) is 10.3. The molecule has 0 radical (unpaired) electrons. The van der Waals surface area contributed by atoms with Crippen molar-refractivity contribution in [3.05, 3.63) is 57.5 Å². The van der Waals surface area contributed by atoms with Gasteiger partial charge in [0.25, 0.3) is 0 Å². The molecule has 1 nitrogen and oxygen atoms in total. The number of carbonyl (C=O) groups excluding carboxylic acids is 1. The minimum Gasteiger partial charge on any atom is -0.299 e. The van der Waals surface area contributed by atoms with E-state index < -0.39 is 0 Å². The zero-order chi connectivity index (χ0) is 13.0. The van der Waals surface area contributed by atoms with E-state index in [0.29, 0.717) is 12.8 Å². The van der Waals surface area contributed by atoms with Gasteiger partial charge in [0, 0.05) is 22.6 Å². The minimum atomic E-state index is -0.287. The molecule has 0 unspecified atom stereocenters. The molecular weight excluding hydrogens is 247 g/mol. The van der Waals surface area contributed by atoms with Crippen molar-refractivity contribution in [3.63, 3.8) is 0 Å². The van der Waals surface area contributed by atoms with E-state index >= 15 is 0 Å². The normalized spacial score (nSPS) is 10.6. The first-order valence-corrected chi connectivity index (χ1v) is 6.82. The van der Waals surface area contributed by atoms with Crippen molar-refractivity contribution in [3.8, 4) is 0 Å². The molecule has 0 aliphatic heterocycles. The Morgan fingerprint density at radius 1 is 1.17 bits per heavy atom. The van der Waals surface area contributed by atoms with E-state index in [2.05, 4.69) is 13.0 Å². The van der Waals surface area contributed by atoms with E-state index in [1.165, 1.54) is 17.0 Å². The molecule has 0 amide bonds. The lowest BCUT2D eigenvalue weighted by Crippen LogP contribution is -2.05. The highest BCUT2D eigenvalue weighted by molar-refractivity contribution is 7.12. The molecule has 2 rings (SSSR count). The van der Waals surface area contributed by atoms with Crippen molar-refractivity contribution < 1.29 is 9.18 Å². The highest BCUT2D eigenvalue weighted by Crippen LogP contribution is 2.18. The summed E-state index contributed by atoms with van der Waals surface area (Å²) in [6.07, 6.45) is 1.75. The summed E-state index contributed by atoms with van der Waals surface area (Å²) in [4.78, 5) is 14.3. The Morgan fingerprint density at radius 2 is 1.94 bits per heavy atom. The van der Waals surface area contributed by atoms with Crippen LogP contribution in [0.1, 0.15) is 22.2 Å². The van der Waals surface area contributed by atoms with Gasteiger partial charge in [-0.2, -0.15) is 0 Å². The van der Waals surface area contributed by atoms with E-state index in [1.54, 1.807) is 23.5 Å². The molecule has 1 aromatic heterocycles. The molecule has 0 fully saturated rings. The van der Waals surface area contributed by atoms with Gasteiger partial charge >= 0.3 is 0 Å². The molecule has 0 saturated heterocycles. The van der Waals surface area contributed by atoms with Crippen LogP contribution in [-0.2, 0) is 24.1 Å². The lowest BCUT2D eigenvalue weighted by Gasteiger charge is -2.00. The van der Waals surface area contributed by atoms with Gasteiger partial charge in [-0.15, -0.1) is 11.3 Å². The fraction of sp³-hybridized carbons (Fsp3) is 0.267. The SMILES string of the molecule is CCc1ccc(CC(=O)Cc2cccc(F)c2)s1. The average Bonchev–Trinajstić information content (AvgIpc) is 2.76. The van der Waals surface area contributed by atoms with Gasteiger partial charge in [0.1, 0.15) is 11.6 Å². The maximum absolute atomic E-state index is 13.0. The summed E-state index contributed by atoms with van der Waals surface area (Å²) < 4.78 is 13.0. The standard InChI is InChI=1S/C15H15FOS/c1-2-14-6-7-15(18-14)10-13(17)9-11-4-3-5-12(16)8-11/h3-8H,2,9-10H2,1H3. The smallest absolute Gasteiger partial charge is 0.142 e. The number of rotatable bonds is 5. The summed E-state index contributed by atoms with van der Waals surface area (Å²) in [6, 6.07) is 10.3. The largest absolute Gasteiger partial charge is 0.299 e. The van der Waals surface area contributed by atoms with Crippen LogP contribution >= 0.6 is 11.3 Å². The highest BCUT2D eigenvalue weighted by Gasteiger charge is 2.07. The number of aryl methyl sites for hydroxylation is 1. The summed E-state index contributed by atoms with van der Waals surface area (Å²) in [5.74, 6) is -0.158. The molecular formula is C15H15FOS. The van der Waals surface area contributed by atoms with Crippen LogP contribution < -0.4 is 0 Å². The third-order valence-corrected chi connectivity index (χ3v) is 3.96. The number of hydrogen-bond acceptors (Lipinski definition) is 2. The van der Waals surface area contributed by atoms with Crippen LogP contribution in [0.3, 0.4) is 0 Å². The van der Waals surface area contributed by atoms with Gasteiger partial charge in [-0.25, -0.2) is 4.39 Å². The second-order valence-electron chi connectivity index (χ2n) is 4.24. The molecule has 0 spiro atoms. The fourth-order valence-electron chi connectivity index (χ4n) is 1.84. The van der Waals surface area contributed by atoms with Gasteiger partial charge in [-0.1, -0.05) is 19.1 Å². The molecule has 18 heavy (non-hydrogen) atoms. The molecule has 3 heteroatoms. The second-order valence-corrected chi connectivity index (χ2v) is 5.50. The number of carbonyl (C=O) groups is 1. The molecule has 0 aliphatic rings. The summed E-state index contributed by atoms with van der Waals surface area (Å²) >= 11 is 1.68. The minimum absolute atomic E-state index is 0.130. The van der Waals surface area contributed by atoms with Crippen molar-refractivity contribution in [2.45, 2.75) is 26.2 Å². The number of halogens is 1. The van der Waals surface area contributed by atoms with Crippen molar-refractivity contribution in [1.82, 2.24) is 0 Å². The molecule has 0 N–H and O–H groups in total. The van der Waals surface area contributed by atoms with E-state index in [4.69, 9.17) is 0 Å². The summed E-state index contributed by atoms with van der Waals surface area (Å²) in [5.41, 5.74) is 0.743. The third kappa shape index (κ3) is 3.50. The van der Waals surface area contributed by atoms with E-state index in [-0.39, 0.29) is 11.6 Å². The fourth-order valence-corrected chi connectivity index (χ4v) is 2.83. The summed E-state index contributed by atoms with van der Waals surface area (Å²) in [5, 5.41) is 0. The van der Waals surface area contributed by atoms with Crippen LogP contribution in [-0.4, -0.2) is 5.78 Å². The molecule has 1 heterocycles. The molecule has 0 saturated carbocycles. The quantitative estimate of drug-likeness (QED) is 0.801. The van der Waals surface area contributed by atoms with Crippen molar-refractivity contribution in [2.24, 2.45) is 0 Å². The van der Waals surface area contributed by atoms with Crippen molar-refractivity contribution in [1.29, 1.82) is 0 Å². The van der Waals surface area contributed by atoms with Gasteiger partial charge < -0.3 is 0 Å². The Bertz CT molecular complexity index is 545. The zero-order valence-corrected chi connectivity index (χ0v) is 11.1. The van der Waals surface area contributed by atoms with Gasteiger partial charge in [0.2, 0.25) is 0 Å². The van der Waals surface area contributed by atoms with Gasteiger partial charge in [-0.05, 0) is 36.2 Å². The van der Waals surface area contributed by atoms with Crippen molar-refractivity contribution in [2.75, 3.05) is 0 Å². The summed E-state index contributed by atoms with van der Waals surface area (Å²) in [7, 11) is 0. The Hall–Kier alpha value is -1.48. The Labute approximate surface area is 110 Å². The lowest BCUT2D eigenvalue weighted by molar-refractivity contribution is -0.117. The van der Waals surface area contributed by atoms with Crippen LogP contribution in [0, 0.1) is 5.82 Å². The topological polar surface area (TPSA) is 17.1 Å². The number of hydrogen-bond donors (Lipinski definition) is 0. The van der Waals surface area contributed by atoms with E-state index in [1.807, 2.05) is 6.07 Å². The maximum atomic E-state index is 13.0. The predicted octanol–water partition coefficient (Wildman–Crippen LogP) is 3.80. The molecule has 2 aromatic rings.